The van der Waals surface area contributed by atoms with E-state index in [1.54, 1.807) is 30.1 Å². The zero-order valence-electron chi connectivity index (χ0n) is 23.0. The Morgan fingerprint density at radius 3 is 2.51 bits per heavy atom. The van der Waals surface area contributed by atoms with Gasteiger partial charge in [-0.1, -0.05) is 6.07 Å². The van der Waals surface area contributed by atoms with E-state index in [9.17, 15) is 30.8 Å². The summed E-state index contributed by atoms with van der Waals surface area (Å²) < 4.78 is 90.0. The number of carbonyl (C=O) groups is 1. The van der Waals surface area contributed by atoms with E-state index < -0.39 is 52.5 Å². The van der Waals surface area contributed by atoms with Gasteiger partial charge in [0, 0.05) is 44.2 Å². The lowest BCUT2D eigenvalue weighted by atomic mass is 10.1. The van der Waals surface area contributed by atoms with Crippen LogP contribution in [0.4, 0.5) is 34.8 Å². The Kier molecular flexibility index (Phi) is 7.15. The molecule has 4 heterocycles. The lowest BCUT2D eigenvalue weighted by molar-refractivity contribution is -0.119. The molecule has 11 nitrogen and oxygen atoms in total. The van der Waals surface area contributed by atoms with Gasteiger partial charge in [0.1, 0.15) is 23.5 Å². The van der Waals surface area contributed by atoms with E-state index in [4.69, 9.17) is 4.74 Å². The quantitative estimate of drug-likeness (QED) is 0.256. The summed E-state index contributed by atoms with van der Waals surface area (Å²) in [4.78, 5) is 20.9. The molecule has 1 aliphatic heterocycles. The number of aromatic nitrogens is 5. The lowest BCUT2D eigenvalue weighted by Gasteiger charge is -2.25. The van der Waals surface area contributed by atoms with Crippen LogP contribution in [0.1, 0.15) is 44.2 Å². The molecule has 4 aromatic rings. The van der Waals surface area contributed by atoms with Gasteiger partial charge in [-0.3, -0.25) is 14.0 Å². The maximum atomic E-state index is 14.3. The number of nitrogens with zero attached hydrogens (tertiary/aromatic N) is 5. The van der Waals surface area contributed by atoms with Crippen molar-refractivity contribution in [1.29, 1.82) is 0 Å². The second-order valence-electron chi connectivity index (χ2n) is 10.7. The van der Waals surface area contributed by atoms with Crippen molar-refractivity contribution in [2.24, 2.45) is 13.0 Å². The van der Waals surface area contributed by atoms with E-state index in [2.05, 4.69) is 25.7 Å². The van der Waals surface area contributed by atoms with Crippen molar-refractivity contribution in [2.75, 3.05) is 23.5 Å². The molecule has 1 aliphatic carbocycles. The average molecular weight is 622 g/mol. The Labute approximate surface area is 243 Å². The Bertz CT molecular complexity index is 1830. The molecule has 2 atom stereocenters. The molecule has 1 amide bonds. The first-order valence-electron chi connectivity index (χ1n) is 13.4. The topological polar surface area (TPSA) is 133 Å². The number of amides is 1. The highest BCUT2D eigenvalue weighted by atomic mass is 32.2. The van der Waals surface area contributed by atoms with Gasteiger partial charge < -0.3 is 15.4 Å². The van der Waals surface area contributed by atoms with Crippen LogP contribution in [-0.4, -0.2) is 57.4 Å². The van der Waals surface area contributed by atoms with Crippen LogP contribution < -0.4 is 10.6 Å². The van der Waals surface area contributed by atoms with Gasteiger partial charge >= 0.3 is 0 Å². The number of halogens is 4. The van der Waals surface area contributed by atoms with Gasteiger partial charge in [0.05, 0.1) is 22.0 Å². The minimum Gasteiger partial charge on any atom is -0.358 e. The molecule has 43 heavy (non-hydrogen) atoms. The summed E-state index contributed by atoms with van der Waals surface area (Å²) in [5, 5.41) is 9.62. The minimum absolute atomic E-state index is 0.0230. The summed E-state index contributed by atoms with van der Waals surface area (Å²) in [6, 6.07) is 7.51. The van der Waals surface area contributed by atoms with Gasteiger partial charge in [0.2, 0.25) is 5.91 Å². The van der Waals surface area contributed by atoms with Crippen molar-refractivity contribution in [3.05, 3.63) is 42.4 Å². The number of alkyl halides is 4. The van der Waals surface area contributed by atoms with Gasteiger partial charge in [0.15, 0.2) is 21.3 Å². The number of fused-ring (bicyclic) bond motifs is 1. The molecule has 3 aromatic heterocycles. The van der Waals surface area contributed by atoms with Crippen molar-refractivity contribution in [3.63, 3.8) is 0 Å². The van der Waals surface area contributed by atoms with Crippen LogP contribution in [0.15, 0.2) is 41.4 Å². The van der Waals surface area contributed by atoms with Crippen molar-refractivity contribution < 1.29 is 35.5 Å². The van der Waals surface area contributed by atoms with E-state index in [1.165, 1.54) is 18.2 Å². The number of hydrogen-bond acceptors (Lipinski definition) is 8. The normalized spacial score (nSPS) is 20.0. The fourth-order valence-electron chi connectivity index (χ4n) is 5.12. The molecule has 16 heteroatoms. The summed E-state index contributed by atoms with van der Waals surface area (Å²) in [5.74, 6) is -6.50. The van der Waals surface area contributed by atoms with Gasteiger partial charge in [-0.05, 0) is 37.5 Å². The number of benzene rings is 1. The van der Waals surface area contributed by atoms with E-state index in [0.717, 1.165) is 17.2 Å². The number of pyridine rings is 1. The zero-order valence-corrected chi connectivity index (χ0v) is 23.8. The van der Waals surface area contributed by atoms with Crippen molar-refractivity contribution in [2.45, 2.75) is 49.2 Å². The SMILES string of the molecule is Cn1ccc(-c2ccc(Nc3cc(NC(=O)C4CC4(F)F)nc4c3nc(C(F)F)n4C3CCCCO3)c(S(C)(=O)=O)c2)n1. The molecule has 0 bridgehead atoms. The fourth-order valence-corrected chi connectivity index (χ4v) is 5.98. The third-order valence-electron chi connectivity index (χ3n) is 7.37. The van der Waals surface area contributed by atoms with Crippen LogP contribution in [0.5, 0.6) is 0 Å². The standard InChI is InChI=1S/C27H27F4N7O4S/c1-37-9-8-16(36-37)14-6-7-17(19(11-14)43(2,40)41)32-18-12-20(34-26(39)15-13-27(15,30)31)33-24-22(18)35-25(23(28)29)38(24)21-5-3-4-10-42-21/h6-9,11-12,15,21,23H,3-5,10,13H2,1-2H3,(H2,32,33,34,39). The maximum Gasteiger partial charge on any atom is 0.295 e. The molecular formula is C27H27F4N7O4S. The summed E-state index contributed by atoms with van der Waals surface area (Å²) >= 11 is 0. The highest BCUT2D eigenvalue weighted by Gasteiger charge is 2.61. The Hall–Kier alpha value is -4.05. The van der Waals surface area contributed by atoms with Gasteiger partial charge in [0.25, 0.3) is 12.3 Å². The summed E-state index contributed by atoms with van der Waals surface area (Å²) in [6.45, 7) is 0.325. The Morgan fingerprint density at radius 1 is 1.14 bits per heavy atom. The molecule has 2 fully saturated rings. The van der Waals surface area contributed by atoms with Gasteiger partial charge in [-0.15, -0.1) is 0 Å². The number of ether oxygens (including phenoxy) is 1. The smallest absolute Gasteiger partial charge is 0.295 e. The molecule has 0 spiro atoms. The highest BCUT2D eigenvalue weighted by molar-refractivity contribution is 7.90. The fraction of sp³-hybridized carbons (Fsp3) is 0.407. The van der Waals surface area contributed by atoms with Crippen LogP contribution in [0.2, 0.25) is 0 Å². The zero-order chi connectivity index (χ0) is 30.7. The number of sulfone groups is 1. The lowest BCUT2D eigenvalue weighted by Crippen LogP contribution is -2.21. The summed E-state index contributed by atoms with van der Waals surface area (Å²) in [6.07, 6.45) is 0.0902. The maximum absolute atomic E-state index is 14.3. The van der Waals surface area contributed by atoms with Crippen LogP contribution >= 0.6 is 0 Å². The van der Waals surface area contributed by atoms with E-state index in [1.807, 2.05) is 0 Å². The molecule has 1 aromatic carbocycles. The summed E-state index contributed by atoms with van der Waals surface area (Å²) in [5.41, 5.74) is 1.02. The number of anilines is 3. The molecule has 2 aliphatic rings. The Morgan fingerprint density at radius 2 is 1.91 bits per heavy atom. The number of carbonyl (C=O) groups excluding carboxylic acids is 1. The number of imidazole rings is 1. The minimum atomic E-state index is -3.84. The van der Waals surface area contributed by atoms with E-state index in [-0.39, 0.29) is 33.3 Å². The molecular weight excluding hydrogens is 594 g/mol. The number of hydrogen-bond donors (Lipinski definition) is 2. The molecule has 1 saturated heterocycles. The van der Waals surface area contributed by atoms with Gasteiger partial charge in [-0.25, -0.2) is 35.9 Å². The third-order valence-corrected chi connectivity index (χ3v) is 8.50. The average Bonchev–Trinajstić information content (AvgIpc) is 3.24. The molecule has 1 saturated carbocycles. The molecule has 6 rings (SSSR count). The predicted octanol–water partition coefficient (Wildman–Crippen LogP) is 5.21. The van der Waals surface area contributed by atoms with E-state index in [0.29, 0.717) is 30.7 Å². The highest BCUT2D eigenvalue weighted by Crippen LogP contribution is 2.49. The second kappa shape index (κ2) is 10.6. The summed E-state index contributed by atoms with van der Waals surface area (Å²) in [7, 11) is -2.12. The third kappa shape index (κ3) is 5.68. The number of rotatable bonds is 8. The first kappa shape index (κ1) is 29.0. The number of aryl methyl sites for hydroxylation is 1. The molecule has 228 valence electrons. The molecule has 2 unspecified atom stereocenters. The molecule has 0 radical (unpaired) electrons. The largest absolute Gasteiger partial charge is 0.358 e. The van der Waals surface area contributed by atoms with Crippen LogP contribution in [0.25, 0.3) is 22.4 Å². The van der Waals surface area contributed by atoms with E-state index >= 15 is 0 Å². The van der Waals surface area contributed by atoms with Crippen LogP contribution in [-0.2, 0) is 26.4 Å². The van der Waals surface area contributed by atoms with Crippen molar-refractivity contribution in [3.8, 4) is 11.3 Å². The Balaban J connectivity index is 1.49. The molecule has 2 N–H and O–H groups in total. The van der Waals surface area contributed by atoms with Crippen LogP contribution in [0.3, 0.4) is 0 Å². The van der Waals surface area contributed by atoms with Crippen molar-refractivity contribution >= 4 is 44.1 Å². The first-order valence-corrected chi connectivity index (χ1v) is 15.3. The van der Waals surface area contributed by atoms with Gasteiger partial charge in [-0.2, -0.15) is 5.10 Å². The predicted molar refractivity (Wildman–Crippen MR) is 148 cm³/mol. The van der Waals surface area contributed by atoms with Crippen molar-refractivity contribution in [1.82, 2.24) is 24.3 Å². The second-order valence-corrected chi connectivity index (χ2v) is 12.7. The number of nitrogens with one attached hydrogen (secondary N) is 2. The monoisotopic (exact) mass is 621 g/mol. The first-order chi connectivity index (χ1) is 20.3. The van der Waals surface area contributed by atoms with Crippen LogP contribution in [0, 0.1) is 5.92 Å².